The zero-order chi connectivity index (χ0) is 50.7. The van der Waals surface area contributed by atoms with E-state index in [1.807, 2.05) is 0 Å². The van der Waals surface area contributed by atoms with E-state index in [4.69, 9.17) is 9.47 Å². The number of anilines is 3. The van der Waals surface area contributed by atoms with Crippen molar-refractivity contribution < 1.29 is 9.47 Å². The second-order valence-corrected chi connectivity index (χ2v) is 20.6. The lowest BCUT2D eigenvalue weighted by molar-refractivity contribution is 0.436. The first-order valence-electron chi connectivity index (χ1n) is 26.6. The molecule has 0 saturated heterocycles. The van der Waals surface area contributed by atoms with Gasteiger partial charge in [-0.1, -0.05) is 212 Å². The van der Waals surface area contributed by atoms with Gasteiger partial charge in [0.25, 0.3) is 0 Å². The Morgan fingerprint density at radius 2 is 0.584 bits per heavy atom. The van der Waals surface area contributed by atoms with Crippen LogP contribution in [-0.2, 0) is 10.8 Å². The highest BCUT2D eigenvalue weighted by atomic mass is 16.5. The summed E-state index contributed by atoms with van der Waals surface area (Å²) in [5.74, 6) is 3.55. The summed E-state index contributed by atoms with van der Waals surface area (Å²) in [6, 6.07) is 104. The average molecular weight is 982 g/mol. The van der Waals surface area contributed by atoms with Crippen molar-refractivity contribution in [2.45, 2.75) is 10.8 Å². The third-order valence-corrected chi connectivity index (χ3v) is 16.8. The summed E-state index contributed by atoms with van der Waals surface area (Å²) in [6.07, 6.45) is 0. The number of hydrogen-bond donors (Lipinski definition) is 0. The number of benzene rings is 12. The van der Waals surface area contributed by atoms with Crippen LogP contribution in [0.3, 0.4) is 0 Å². The molecule has 360 valence electrons. The number of fused-ring (bicyclic) bond motifs is 18. The minimum Gasteiger partial charge on any atom is -0.457 e. The van der Waals surface area contributed by atoms with Crippen molar-refractivity contribution >= 4 is 17.1 Å². The second-order valence-electron chi connectivity index (χ2n) is 20.6. The summed E-state index contributed by atoms with van der Waals surface area (Å²) in [7, 11) is 0. The Kier molecular flexibility index (Phi) is 9.47. The van der Waals surface area contributed by atoms with Gasteiger partial charge in [0, 0.05) is 39.3 Å². The van der Waals surface area contributed by atoms with Gasteiger partial charge in [-0.05, 0) is 151 Å². The molecule has 2 aliphatic heterocycles. The Morgan fingerprint density at radius 3 is 1.17 bits per heavy atom. The number of ether oxygens (including phenoxy) is 2. The third kappa shape index (κ3) is 6.26. The largest absolute Gasteiger partial charge is 0.457 e. The molecule has 16 rings (SSSR count). The Hall–Kier alpha value is -9.96. The molecule has 0 atom stereocenters. The minimum absolute atomic E-state index is 0.528. The quantitative estimate of drug-likeness (QED) is 0.166. The van der Waals surface area contributed by atoms with Gasteiger partial charge in [0.15, 0.2) is 0 Å². The van der Waals surface area contributed by atoms with Gasteiger partial charge in [-0.25, -0.2) is 0 Å². The molecule has 2 aliphatic carbocycles. The third-order valence-electron chi connectivity index (χ3n) is 16.8. The molecule has 0 amide bonds. The van der Waals surface area contributed by atoms with E-state index < -0.39 is 10.8 Å². The second kappa shape index (κ2) is 16.8. The summed E-state index contributed by atoms with van der Waals surface area (Å²) in [4.78, 5) is 2.44. The predicted molar refractivity (Wildman–Crippen MR) is 312 cm³/mol. The van der Waals surface area contributed by atoms with Gasteiger partial charge in [-0.3, -0.25) is 0 Å². The van der Waals surface area contributed by atoms with Gasteiger partial charge in [0.1, 0.15) is 23.0 Å². The van der Waals surface area contributed by atoms with Crippen LogP contribution in [0.15, 0.2) is 285 Å². The predicted octanol–water partition coefficient (Wildman–Crippen LogP) is 19.1. The first kappa shape index (κ1) is 43.4. The molecule has 77 heavy (non-hydrogen) atoms. The number of rotatable bonds is 6. The fourth-order valence-electron chi connectivity index (χ4n) is 13.6. The van der Waals surface area contributed by atoms with Gasteiger partial charge < -0.3 is 14.4 Å². The highest BCUT2D eigenvalue weighted by molar-refractivity contribution is 5.94. The van der Waals surface area contributed by atoms with Crippen LogP contribution in [0.5, 0.6) is 23.0 Å². The Bertz CT molecular complexity index is 4270. The lowest BCUT2D eigenvalue weighted by Crippen LogP contribution is -2.32. The zero-order valence-corrected chi connectivity index (χ0v) is 41.9. The van der Waals surface area contributed by atoms with Crippen LogP contribution in [0, 0.1) is 0 Å². The molecular weight excluding hydrogens is 935 g/mol. The molecular formula is C74H47NO2. The van der Waals surface area contributed by atoms with E-state index in [1.54, 1.807) is 0 Å². The normalized spacial score (nSPS) is 13.9. The first-order valence-corrected chi connectivity index (χ1v) is 26.6. The SMILES string of the molecule is c1ccc(-c2cccc(-c3ccc(N(c4cccc(-c5ccc6c(c5)-c5ccccc5C65c6ccccc6Oc6ccccc65)c4)c4ccc5c(c4)C4(c6ccccc6Oc6ccccc64)c4ccccc4-5)cc3)c2)cc1. The molecule has 0 fully saturated rings. The summed E-state index contributed by atoms with van der Waals surface area (Å²) >= 11 is 0. The molecule has 0 N–H and O–H groups in total. The smallest absolute Gasteiger partial charge is 0.132 e. The van der Waals surface area contributed by atoms with E-state index >= 15 is 0 Å². The maximum Gasteiger partial charge on any atom is 0.132 e. The van der Waals surface area contributed by atoms with Crippen molar-refractivity contribution in [1.29, 1.82) is 0 Å². The molecule has 3 heteroatoms. The highest BCUT2D eigenvalue weighted by Gasteiger charge is 2.52. The van der Waals surface area contributed by atoms with E-state index in [2.05, 4.69) is 290 Å². The standard InChI is InChI=1S/C74H47NO2/c1-2-18-48(19-3-1)50-20-16-21-51(44-50)49-36-39-54(40-37-49)75(56-41-42-59-57-24-4-6-26-61(57)74(68(59)47-56)66-30-10-14-34-71(66)77-72-35-15-11-31-67(72)74)55-23-17-22-52(45-55)53-38-43-63-60(46-53)58-25-5-7-27-62(58)73(63)64-28-8-12-32-69(64)76-70-33-13-9-29-65(70)73/h1-47H. The van der Waals surface area contributed by atoms with Crippen molar-refractivity contribution in [3.8, 4) is 78.6 Å². The maximum atomic E-state index is 6.74. The van der Waals surface area contributed by atoms with Crippen LogP contribution in [0.2, 0.25) is 0 Å². The van der Waals surface area contributed by atoms with Gasteiger partial charge in [0.05, 0.1) is 10.8 Å². The van der Waals surface area contributed by atoms with Gasteiger partial charge in [-0.2, -0.15) is 0 Å². The molecule has 3 nitrogen and oxygen atoms in total. The van der Waals surface area contributed by atoms with Crippen molar-refractivity contribution in [3.05, 3.63) is 330 Å². The monoisotopic (exact) mass is 981 g/mol. The molecule has 12 aromatic rings. The fourth-order valence-corrected chi connectivity index (χ4v) is 13.6. The Labute approximate surface area is 448 Å². The van der Waals surface area contributed by atoms with Crippen LogP contribution in [0.4, 0.5) is 17.1 Å². The molecule has 0 bridgehead atoms. The van der Waals surface area contributed by atoms with Gasteiger partial charge in [-0.15, -0.1) is 0 Å². The van der Waals surface area contributed by atoms with Crippen molar-refractivity contribution in [3.63, 3.8) is 0 Å². The molecule has 0 radical (unpaired) electrons. The van der Waals surface area contributed by atoms with E-state index in [0.717, 1.165) is 79.0 Å². The molecule has 0 unspecified atom stereocenters. The van der Waals surface area contributed by atoms with Crippen LogP contribution >= 0.6 is 0 Å². The summed E-state index contributed by atoms with van der Waals surface area (Å²) in [5.41, 5.74) is 23.7. The molecule has 12 aromatic carbocycles. The molecule has 2 spiro atoms. The van der Waals surface area contributed by atoms with Gasteiger partial charge in [0.2, 0.25) is 0 Å². The summed E-state index contributed by atoms with van der Waals surface area (Å²) < 4.78 is 13.4. The van der Waals surface area contributed by atoms with E-state index in [0.29, 0.717) is 0 Å². The van der Waals surface area contributed by atoms with Crippen LogP contribution in [0.25, 0.3) is 55.6 Å². The molecule has 0 saturated carbocycles. The van der Waals surface area contributed by atoms with Crippen LogP contribution in [0.1, 0.15) is 44.5 Å². The molecule has 2 heterocycles. The number of nitrogens with zero attached hydrogens (tertiary/aromatic N) is 1. The summed E-state index contributed by atoms with van der Waals surface area (Å²) in [5, 5.41) is 0. The minimum atomic E-state index is -0.613. The van der Waals surface area contributed by atoms with Crippen LogP contribution in [-0.4, -0.2) is 0 Å². The molecule has 4 aliphatic rings. The van der Waals surface area contributed by atoms with Gasteiger partial charge >= 0.3 is 0 Å². The van der Waals surface area contributed by atoms with E-state index in [-0.39, 0.29) is 0 Å². The topological polar surface area (TPSA) is 21.7 Å². The Morgan fingerprint density at radius 1 is 0.208 bits per heavy atom. The first-order chi connectivity index (χ1) is 38.2. The lowest BCUT2D eigenvalue weighted by Gasteiger charge is -2.39. The summed E-state index contributed by atoms with van der Waals surface area (Å²) in [6.45, 7) is 0. The molecule has 0 aromatic heterocycles. The number of para-hydroxylation sites is 4. The number of hydrogen-bond acceptors (Lipinski definition) is 3. The van der Waals surface area contributed by atoms with Crippen molar-refractivity contribution in [2.24, 2.45) is 0 Å². The average Bonchev–Trinajstić information content (AvgIpc) is 4.03. The lowest BCUT2D eigenvalue weighted by atomic mass is 9.66. The maximum absolute atomic E-state index is 6.74. The van der Waals surface area contributed by atoms with Crippen molar-refractivity contribution in [1.82, 2.24) is 0 Å². The zero-order valence-electron chi connectivity index (χ0n) is 41.9. The van der Waals surface area contributed by atoms with E-state index in [1.165, 1.54) is 61.2 Å². The Balaban J connectivity index is 0.876. The fraction of sp³-hybridized carbons (Fsp3) is 0.0270. The van der Waals surface area contributed by atoms with Crippen molar-refractivity contribution in [2.75, 3.05) is 4.90 Å². The van der Waals surface area contributed by atoms with E-state index in [9.17, 15) is 0 Å². The van der Waals surface area contributed by atoms with Crippen LogP contribution < -0.4 is 14.4 Å². The highest BCUT2D eigenvalue weighted by Crippen LogP contribution is 2.64.